The lowest BCUT2D eigenvalue weighted by molar-refractivity contribution is -0.107. The van der Waals surface area contributed by atoms with E-state index in [-0.39, 0.29) is 19.4 Å². The first-order valence-corrected chi connectivity index (χ1v) is 7.12. The molecule has 0 fully saturated rings. The molecule has 0 aliphatic carbocycles. The molecule has 1 N–H and O–H groups in total. The largest absolute Gasteiger partial charge is 0.491 e. The summed E-state index contributed by atoms with van der Waals surface area (Å²) in [5.74, 6) is 0.696. The second-order valence-electron chi connectivity index (χ2n) is 4.96. The number of amides is 1. The zero-order valence-electron chi connectivity index (χ0n) is 12.2. The van der Waals surface area contributed by atoms with Crippen molar-refractivity contribution in [3.8, 4) is 5.75 Å². The second-order valence-corrected chi connectivity index (χ2v) is 4.96. The Labute approximate surface area is 127 Å². The van der Waals surface area contributed by atoms with Gasteiger partial charge in [-0.3, -0.25) is 4.79 Å². The van der Waals surface area contributed by atoms with Crippen LogP contribution in [0.25, 0.3) is 0 Å². The van der Waals surface area contributed by atoms with Gasteiger partial charge in [-0.1, -0.05) is 13.8 Å². The highest BCUT2D eigenvalue weighted by atomic mass is 16.5. The monoisotopic (exact) mass is 293 g/mol. The minimum atomic E-state index is -0.0727. The topological polar surface area (TPSA) is 55.4 Å². The standard InChI is InChI=1S/C16H23NO3.CH4/c1-13(2)20-15-9-7-14(8-10-15)16(19)17-11-5-3-4-6-12-18;/h7-10,12-13H,3-6,11H2,1-2H3,(H,17,19);1H4. The predicted molar refractivity (Wildman–Crippen MR) is 85.8 cm³/mol. The quantitative estimate of drug-likeness (QED) is 0.559. The number of unbranched alkanes of at least 4 members (excludes halogenated alkanes) is 3. The second kappa shape index (κ2) is 10.9. The number of nitrogens with one attached hydrogen (secondary N) is 1. The van der Waals surface area contributed by atoms with Crippen LogP contribution in [0.5, 0.6) is 5.75 Å². The minimum Gasteiger partial charge on any atom is -0.491 e. The van der Waals surface area contributed by atoms with Crippen molar-refractivity contribution in [1.29, 1.82) is 0 Å². The fourth-order valence-corrected chi connectivity index (χ4v) is 1.79. The number of carbonyl (C=O) groups excluding carboxylic acids is 2. The molecule has 1 amide bonds. The highest BCUT2D eigenvalue weighted by Crippen LogP contribution is 2.13. The molecule has 21 heavy (non-hydrogen) atoms. The fourth-order valence-electron chi connectivity index (χ4n) is 1.79. The van der Waals surface area contributed by atoms with E-state index in [0.717, 1.165) is 31.3 Å². The van der Waals surface area contributed by atoms with E-state index >= 15 is 0 Å². The third-order valence-corrected chi connectivity index (χ3v) is 2.77. The number of rotatable bonds is 9. The van der Waals surface area contributed by atoms with Gasteiger partial charge in [-0.05, 0) is 51.0 Å². The summed E-state index contributed by atoms with van der Waals surface area (Å²) in [6, 6.07) is 7.14. The number of hydrogen-bond acceptors (Lipinski definition) is 3. The van der Waals surface area contributed by atoms with Crippen molar-refractivity contribution in [1.82, 2.24) is 5.32 Å². The van der Waals surface area contributed by atoms with E-state index in [1.165, 1.54) is 0 Å². The highest BCUT2D eigenvalue weighted by Gasteiger charge is 2.05. The van der Waals surface area contributed by atoms with Crippen molar-refractivity contribution in [2.75, 3.05) is 6.54 Å². The summed E-state index contributed by atoms with van der Waals surface area (Å²) in [6.07, 6.45) is 4.40. The Bertz CT molecular complexity index is 413. The third kappa shape index (κ3) is 8.12. The Morgan fingerprint density at radius 2 is 1.86 bits per heavy atom. The lowest BCUT2D eigenvalue weighted by Gasteiger charge is -2.10. The first-order valence-electron chi connectivity index (χ1n) is 7.12. The van der Waals surface area contributed by atoms with E-state index in [1.807, 2.05) is 13.8 Å². The zero-order valence-corrected chi connectivity index (χ0v) is 12.2. The molecule has 1 aromatic rings. The van der Waals surface area contributed by atoms with E-state index in [2.05, 4.69) is 5.32 Å². The van der Waals surface area contributed by atoms with Crippen molar-refractivity contribution >= 4 is 12.2 Å². The first-order chi connectivity index (χ1) is 9.63. The Morgan fingerprint density at radius 3 is 2.43 bits per heavy atom. The maximum absolute atomic E-state index is 11.9. The molecule has 0 bridgehead atoms. The molecule has 0 aliphatic heterocycles. The Morgan fingerprint density at radius 1 is 1.19 bits per heavy atom. The van der Waals surface area contributed by atoms with Gasteiger partial charge < -0.3 is 14.8 Å². The van der Waals surface area contributed by atoms with Gasteiger partial charge in [0, 0.05) is 18.5 Å². The number of ether oxygens (including phenoxy) is 1. The number of aldehydes is 1. The van der Waals surface area contributed by atoms with Crippen molar-refractivity contribution in [3.63, 3.8) is 0 Å². The molecule has 0 atom stereocenters. The van der Waals surface area contributed by atoms with Gasteiger partial charge in [0.15, 0.2) is 0 Å². The molecule has 0 unspecified atom stereocenters. The average Bonchev–Trinajstić information content (AvgIpc) is 2.42. The molecule has 1 aromatic carbocycles. The number of benzene rings is 1. The zero-order chi connectivity index (χ0) is 14.8. The molecule has 0 saturated heterocycles. The van der Waals surface area contributed by atoms with Crippen LogP contribution in [0.1, 0.15) is 57.3 Å². The molecule has 0 spiro atoms. The summed E-state index contributed by atoms with van der Waals surface area (Å²) in [6.45, 7) is 4.57. The smallest absolute Gasteiger partial charge is 0.251 e. The van der Waals surface area contributed by atoms with Gasteiger partial charge in [0.25, 0.3) is 5.91 Å². The summed E-state index contributed by atoms with van der Waals surface area (Å²) in [5.41, 5.74) is 0.633. The van der Waals surface area contributed by atoms with Crippen LogP contribution in [-0.2, 0) is 4.79 Å². The average molecular weight is 293 g/mol. The fraction of sp³-hybridized carbons (Fsp3) is 0.529. The van der Waals surface area contributed by atoms with E-state index in [9.17, 15) is 9.59 Å². The molecule has 4 nitrogen and oxygen atoms in total. The molecule has 0 aromatic heterocycles. The molecule has 1 rings (SSSR count). The highest BCUT2D eigenvalue weighted by molar-refractivity contribution is 5.94. The van der Waals surface area contributed by atoms with Gasteiger partial charge in [0.1, 0.15) is 12.0 Å². The first kappa shape index (κ1) is 19.2. The summed E-state index contributed by atoms with van der Waals surface area (Å²) in [7, 11) is 0. The summed E-state index contributed by atoms with van der Waals surface area (Å²) < 4.78 is 5.52. The molecular formula is C17H27NO3. The van der Waals surface area contributed by atoms with E-state index in [0.29, 0.717) is 18.5 Å². The SMILES string of the molecule is C.CC(C)Oc1ccc(C(=O)NCCCCCC=O)cc1. The van der Waals surface area contributed by atoms with Crippen LogP contribution in [0.15, 0.2) is 24.3 Å². The van der Waals surface area contributed by atoms with Crippen molar-refractivity contribution in [2.24, 2.45) is 0 Å². The van der Waals surface area contributed by atoms with Crippen LogP contribution < -0.4 is 10.1 Å². The van der Waals surface area contributed by atoms with Crippen molar-refractivity contribution < 1.29 is 14.3 Å². The molecule has 0 radical (unpaired) electrons. The van der Waals surface area contributed by atoms with Crippen LogP contribution in [0, 0.1) is 0 Å². The summed E-state index contributed by atoms with van der Waals surface area (Å²) >= 11 is 0. The third-order valence-electron chi connectivity index (χ3n) is 2.77. The van der Waals surface area contributed by atoms with Crippen molar-refractivity contribution in [2.45, 2.75) is 53.1 Å². The molecule has 0 saturated carbocycles. The van der Waals surface area contributed by atoms with Gasteiger partial charge in [-0.2, -0.15) is 0 Å². The van der Waals surface area contributed by atoms with Gasteiger partial charge >= 0.3 is 0 Å². The molecule has 118 valence electrons. The van der Waals surface area contributed by atoms with Gasteiger partial charge in [-0.15, -0.1) is 0 Å². The van der Waals surface area contributed by atoms with Crippen LogP contribution in [0.4, 0.5) is 0 Å². The van der Waals surface area contributed by atoms with Crippen LogP contribution >= 0.6 is 0 Å². The number of hydrogen-bond donors (Lipinski definition) is 1. The molecular weight excluding hydrogens is 266 g/mol. The van der Waals surface area contributed by atoms with E-state index in [4.69, 9.17) is 4.74 Å². The lowest BCUT2D eigenvalue weighted by Crippen LogP contribution is -2.24. The Kier molecular flexibility index (Phi) is 9.94. The van der Waals surface area contributed by atoms with Crippen LogP contribution in [-0.4, -0.2) is 24.8 Å². The Hall–Kier alpha value is -1.84. The van der Waals surface area contributed by atoms with Gasteiger partial charge in [-0.25, -0.2) is 0 Å². The number of carbonyl (C=O) groups is 2. The minimum absolute atomic E-state index is 0. The lowest BCUT2D eigenvalue weighted by atomic mass is 10.2. The van der Waals surface area contributed by atoms with E-state index < -0.39 is 0 Å². The van der Waals surface area contributed by atoms with Crippen molar-refractivity contribution in [3.05, 3.63) is 29.8 Å². The van der Waals surface area contributed by atoms with Crippen LogP contribution in [0.2, 0.25) is 0 Å². The summed E-state index contributed by atoms with van der Waals surface area (Å²) in [5, 5.41) is 2.87. The maximum atomic E-state index is 11.9. The van der Waals surface area contributed by atoms with Gasteiger partial charge in [0.2, 0.25) is 0 Å². The predicted octanol–water partition coefficient (Wildman–Crippen LogP) is 3.60. The molecule has 4 heteroatoms. The summed E-state index contributed by atoms with van der Waals surface area (Å²) in [4.78, 5) is 22.0. The molecule has 0 heterocycles. The Balaban J connectivity index is 0.00000400. The van der Waals surface area contributed by atoms with Gasteiger partial charge in [0.05, 0.1) is 6.10 Å². The maximum Gasteiger partial charge on any atom is 0.251 e. The van der Waals surface area contributed by atoms with E-state index in [1.54, 1.807) is 24.3 Å². The van der Waals surface area contributed by atoms with Crippen LogP contribution in [0.3, 0.4) is 0 Å². The molecule has 0 aliphatic rings. The normalized spacial score (nSPS) is 9.86.